The average molecular weight is 418 g/mol. The maximum atomic E-state index is 12.6. The highest BCUT2D eigenvalue weighted by Gasteiger charge is 2.51. The van der Waals surface area contributed by atoms with Gasteiger partial charge >= 0.3 is 12.1 Å². The summed E-state index contributed by atoms with van der Waals surface area (Å²) < 4.78 is 0. The lowest BCUT2D eigenvalue weighted by atomic mass is 9.98. The van der Waals surface area contributed by atoms with Crippen molar-refractivity contribution in [2.24, 2.45) is 0 Å². The van der Waals surface area contributed by atoms with Gasteiger partial charge in [-0.15, -0.1) is 0 Å². The molecule has 2 fully saturated rings. The second-order valence-electron chi connectivity index (χ2n) is 8.62. The zero-order chi connectivity index (χ0) is 21.4. The summed E-state index contributed by atoms with van der Waals surface area (Å²) in [5.41, 5.74) is 5.07. The first-order valence-electron chi connectivity index (χ1n) is 11.0. The molecule has 2 aliphatic carbocycles. The lowest BCUT2D eigenvalue weighted by Crippen LogP contribution is -2.44. The molecule has 160 valence electrons. The molecule has 2 aromatic carbocycles. The molecule has 31 heavy (non-hydrogen) atoms. The van der Waals surface area contributed by atoms with E-state index in [0.29, 0.717) is 19.5 Å². The zero-order valence-corrected chi connectivity index (χ0v) is 17.4. The third-order valence-electron chi connectivity index (χ3n) is 6.60. The van der Waals surface area contributed by atoms with Gasteiger partial charge in [0.05, 0.1) is 0 Å². The van der Waals surface area contributed by atoms with E-state index in [1.165, 1.54) is 27.2 Å². The van der Waals surface area contributed by atoms with Crippen molar-refractivity contribution in [2.45, 2.75) is 44.1 Å². The number of fused-ring (bicyclic) bond motifs is 3. The minimum Gasteiger partial charge on any atom is -0.338 e. The molecule has 5 amide bonds. The van der Waals surface area contributed by atoms with Gasteiger partial charge in [-0.2, -0.15) is 0 Å². The molecular weight excluding hydrogens is 392 g/mol. The summed E-state index contributed by atoms with van der Waals surface area (Å²) in [6.07, 6.45) is 4.77. The van der Waals surface area contributed by atoms with Crippen LogP contribution >= 0.6 is 0 Å². The number of hydrogen-bond acceptors (Lipinski definition) is 3. The molecule has 3 aliphatic rings. The standard InChI is InChI=1S/C24H26N4O3/c29-21-24(10-3-4-11-24)27-23(31)28(21)13-5-12-25-22(30)26-18-8-9-20-17(15-18)14-16-6-1-2-7-19(16)20/h1-2,6-9,15H,3-5,10-14H2,(H,27,31)(H2,25,26,30). The van der Waals surface area contributed by atoms with Gasteiger partial charge < -0.3 is 16.0 Å². The lowest BCUT2D eigenvalue weighted by molar-refractivity contribution is -0.131. The molecule has 3 N–H and O–H groups in total. The molecule has 1 saturated heterocycles. The molecule has 1 saturated carbocycles. The number of amides is 5. The highest BCUT2D eigenvalue weighted by molar-refractivity contribution is 6.07. The van der Waals surface area contributed by atoms with Crippen molar-refractivity contribution in [2.75, 3.05) is 18.4 Å². The van der Waals surface area contributed by atoms with Crippen LogP contribution in [0.3, 0.4) is 0 Å². The predicted octanol–water partition coefficient (Wildman–Crippen LogP) is 3.63. The quantitative estimate of drug-likeness (QED) is 0.436. The highest BCUT2D eigenvalue weighted by Crippen LogP contribution is 2.37. The number of urea groups is 2. The van der Waals surface area contributed by atoms with Crippen LogP contribution in [0, 0.1) is 0 Å². The second kappa shape index (κ2) is 7.72. The van der Waals surface area contributed by atoms with Crippen molar-refractivity contribution in [3.05, 3.63) is 53.6 Å². The van der Waals surface area contributed by atoms with Crippen LogP contribution in [0.2, 0.25) is 0 Å². The monoisotopic (exact) mass is 418 g/mol. The van der Waals surface area contributed by atoms with E-state index in [-0.39, 0.29) is 18.0 Å². The van der Waals surface area contributed by atoms with Gasteiger partial charge in [-0.3, -0.25) is 9.69 Å². The van der Waals surface area contributed by atoms with E-state index >= 15 is 0 Å². The van der Waals surface area contributed by atoms with Crippen molar-refractivity contribution >= 4 is 23.7 Å². The Kier molecular flexibility index (Phi) is 4.88. The maximum Gasteiger partial charge on any atom is 0.325 e. The minimum absolute atomic E-state index is 0.112. The summed E-state index contributed by atoms with van der Waals surface area (Å²) in [7, 11) is 0. The predicted molar refractivity (Wildman–Crippen MR) is 118 cm³/mol. The number of anilines is 1. The third-order valence-corrected chi connectivity index (χ3v) is 6.60. The molecule has 7 nitrogen and oxygen atoms in total. The van der Waals surface area contributed by atoms with Crippen molar-refractivity contribution in [3.8, 4) is 11.1 Å². The minimum atomic E-state index is -0.672. The fraction of sp³-hybridized carbons (Fsp3) is 0.375. The summed E-state index contributed by atoms with van der Waals surface area (Å²) in [4.78, 5) is 38.4. The van der Waals surface area contributed by atoms with Crippen LogP contribution in [-0.4, -0.2) is 41.5 Å². The molecule has 0 atom stereocenters. The van der Waals surface area contributed by atoms with Gasteiger partial charge in [-0.25, -0.2) is 9.59 Å². The van der Waals surface area contributed by atoms with Crippen molar-refractivity contribution < 1.29 is 14.4 Å². The van der Waals surface area contributed by atoms with Crippen LogP contribution in [0.5, 0.6) is 0 Å². The van der Waals surface area contributed by atoms with Gasteiger partial charge in [0, 0.05) is 18.8 Å². The van der Waals surface area contributed by atoms with E-state index in [1.54, 1.807) is 0 Å². The maximum absolute atomic E-state index is 12.6. The largest absolute Gasteiger partial charge is 0.338 e. The van der Waals surface area contributed by atoms with Crippen molar-refractivity contribution in [1.29, 1.82) is 0 Å². The summed E-state index contributed by atoms with van der Waals surface area (Å²) in [6, 6.07) is 13.7. The van der Waals surface area contributed by atoms with E-state index in [1.807, 2.05) is 30.3 Å². The van der Waals surface area contributed by atoms with Gasteiger partial charge in [0.25, 0.3) is 5.91 Å². The number of nitrogens with one attached hydrogen (secondary N) is 3. The number of benzene rings is 2. The first kappa shape index (κ1) is 19.6. The van der Waals surface area contributed by atoms with E-state index < -0.39 is 5.54 Å². The number of carbonyl (C=O) groups excluding carboxylic acids is 3. The van der Waals surface area contributed by atoms with Crippen LogP contribution in [-0.2, 0) is 11.2 Å². The Morgan fingerprint density at radius 1 is 1.03 bits per heavy atom. The lowest BCUT2D eigenvalue weighted by Gasteiger charge is -2.20. The number of imide groups is 1. The van der Waals surface area contributed by atoms with Crippen molar-refractivity contribution in [1.82, 2.24) is 15.5 Å². The van der Waals surface area contributed by atoms with E-state index in [0.717, 1.165) is 37.8 Å². The number of rotatable bonds is 5. The molecule has 0 aromatic heterocycles. The Bertz CT molecular complexity index is 1060. The molecule has 7 heteroatoms. The Morgan fingerprint density at radius 2 is 1.81 bits per heavy atom. The molecule has 0 unspecified atom stereocenters. The summed E-state index contributed by atoms with van der Waals surface area (Å²) in [5.74, 6) is -0.112. The smallest absolute Gasteiger partial charge is 0.325 e. The summed E-state index contributed by atoms with van der Waals surface area (Å²) >= 11 is 0. The third kappa shape index (κ3) is 3.54. The topological polar surface area (TPSA) is 90.5 Å². The van der Waals surface area contributed by atoms with Gasteiger partial charge in [0.1, 0.15) is 5.54 Å². The van der Waals surface area contributed by atoms with E-state index in [9.17, 15) is 14.4 Å². The normalized spacial score (nSPS) is 18.1. The number of nitrogens with zero attached hydrogens (tertiary/aromatic N) is 1. The Hall–Kier alpha value is -3.35. The number of carbonyl (C=O) groups is 3. The van der Waals surface area contributed by atoms with E-state index in [4.69, 9.17) is 0 Å². The van der Waals surface area contributed by atoms with Crippen LogP contribution in [0.1, 0.15) is 43.2 Å². The van der Waals surface area contributed by atoms with Gasteiger partial charge in [-0.05, 0) is 60.1 Å². The van der Waals surface area contributed by atoms with E-state index in [2.05, 4.69) is 28.1 Å². The first-order chi connectivity index (χ1) is 15.1. The molecule has 5 rings (SSSR count). The highest BCUT2D eigenvalue weighted by atomic mass is 16.2. The molecule has 1 heterocycles. The summed E-state index contributed by atoms with van der Waals surface area (Å²) in [6.45, 7) is 0.691. The average Bonchev–Trinajstić information content (AvgIpc) is 3.43. The Balaban J connectivity index is 1.10. The molecular formula is C24H26N4O3. The Morgan fingerprint density at radius 3 is 2.65 bits per heavy atom. The van der Waals surface area contributed by atoms with Gasteiger partial charge in [-0.1, -0.05) is 43.2 Å². The van der Waals surface area contributed by atoms with Gasteiger partial charge in [0.15, 0.2) is 0 Å². The summed E-state index contributed by atoms with van der Waals surface area (Å²) in [5, 5.41) is 8.56. The molecule has 1 spiro atoms. The molecule has 1 aliphatic heterocycles. The SMILES string of the molecule is O=C(NCCCN1C(=O)NC2(CCCC2)C1=O)Nc1ccc2c(c1)Cc1ccccc1-2. The van der Waals surface area contributed by atoms with Crippen LogP contribution < -0.4 is 16.0 Å². The zero-order valence-electron chi connectivity index (χ0n) is 17.4. The molecule has 0 radical (unpaired) electrons. The van der Waals surface area contributed by atoms with Crippen LogP contribution in [0.15, 0.2) is 42.5 Å². The van der Waals surface area contributed by atoms with Crippen LogP contribution in [0.4, 0.5) is 15.3 Å². The second-order valence-corrected chi connectivity index (χ2v) is 8.62. The first-order valence-corrected chi connectivity index (χ1v) is 11.0. The van der Waals surface area contributed by atoms with Crippen molar-refractivity contribution in [3.63, 3.8) is 0 Å². The molecule has 0 bridgehead atoms. The fourth-order valence-electron chi connectivity index (χ4n) is 5.03. The number of hydrogen-bond donors (Lipinski definition) is 3. The van der Waals surface area contributed by atoms with Crippen LogP contribution in [0.25, 0.3) is 11.1 Å². The van der Waals surface area contributed by atoms with Gasteiger partial charge in [0.2, 0.25) is 0 Å². The Labute approximate surface area is 181 Å². The molecule has 2 aromatic rings. The fourth-order valence-corrected chi connectivity index (χ4v) is 5.03.